The Morgan fingerprint density at radius 2 is 1.85 bits per heavy atom. The summed E-state index contributed by atoms with van der Waals surface area (Å²) in [5, 5.41) is 9.70. The van der Waals surface area contributed by atoms with E-state index in [1.807, 2.05) is 66.9 Å². The van der Waals surface area contributed by atoms with Crippen LogP contribution in [0.15, 0.2) is 66.3 Å². The van der Waals surface area contributed by atoms with Gasteiger partial charge in [-0.15, -0.1) is 16.8 Å². The highest BCUT2D eigenvalue weighted by molar-refractivity contribution is 8.00. The molecule has 2 aromatic carbocycles. The number of thioether (sulfide) groups is 1. The molecule has 0 N–H and O–H groups in total. The molecule has 1 aromatic heterocycles. The van der Waals surface area contributed by atoms with Gasteiger partial charge in [0.1, 0.15) is 0 Å². The smallest absolute Gasteiger partial charge is 0.192 e. The summed E-state index contributed by atoms with van der Waals surface area (Å²) < 4.78 is 1.96. The molecule has 0 unspecified atom stereocenters. The Kier molecular flexibility index (Phi) is 6.14. The molecule has 1 atom stereocenters. The number of nitrogens with zero attached hydrogens (tertiary/aromatic N) is 3. The van der Waals surface area contributed by atoms with E-state index in [1.54, 1.807) is 6.08 Å². The van der Waals surface area contributed by atoms with E-state index in [2.05, 4.69) is 16.8 Å². The minimum absolute atomic E-state index is 0.0706. The maximum Gasteiger partial charge on any atom is 0.192 e. The first-order chi connectivity index (χ1) is 13.0. The summed E-state index contributed by atoms with van der Waals surface area (Å²) in [7, 11) is 0. The second-order valence-corrected chi connectivity index (χ2v) is 7.95. The number of hydrogen-bond donors (Lipinski definition) is 0. The molecule has 0 aliphatic heterocycles. The second-order valence-electron chi connectivity index (χ2n) is 6.20. The Labute approximate surface area is 168 Å². The van der Waals surface area contributed by atoms with Gasteiger partial charge in [-0.3, -0.25) is 9.36 Å². The maximum atomic E-state index is 12.7. The molecule has 6 heteroatoms. The molecular weight excluding hydrogens is 378 g/mol. The van der Waals surface area contributed by atoms with E-state index in [0.29, 0.717) is 22.3 Å². The molecule has 0 amide bonds. The van der Waals surface area contributed by atoms with Crippen LogP contribution in [0.3, 0.4) is 0 Å². The lowest BCUT2D eigenvalue weighted by Gasteiger charge is -2.12. The lowest BCUT2D eigenvalue weighted by molar-refractivity contribution is 0.0994. The average molecular weight is 398 g/mol. The van der Waals surface area contributed by atoms with Gasteiger partial charge in [-0.05, 0) is 38.1 Å². The Morgan fingerprint density at radius 1 is 1.19 bits per heavy atom. The minimum Gasteiger partial charge on any atom is -0.298 e. The van der Waals surface area contributed by atoms with Crippen LogP contribution in [-0.2, 0) is 6.54 Å². The summed E-state index contributed by atoms with van der Waals surface area (Å²) in [4.78, 5) is 12.7. The Balaban J connectivity index is 1.85. The number of aromatic nitrogens is 3. The second kappa shape index (κ2) is 8.55. The molecule has 0 bridgehead atoms. The summed E-state index contributed by atoms with van der Waals surface area (Å²) in [6, 6.07) is 15.1. The van der Waals surface area contributed by atoms with Gasteiger partial charge in [-0.25, -0.2) is 0 Å². The number of aryl methyl sites for hydroxylation is 1. The van der Waals surface area contributed by atoms with Gasteiger partial charge in [-0.2, -0.15) is 0 Å². The number of Topliss-reactive ketones (excluding diaryl/α,β-unsaturated/α-hetero) is 1. The first-order valence-corrected chi connectivity index (χ1v) is 9.83. The number of carbonyl (C=O) groups excluding carboxylic acids is 1. The van der Waals surface area contributed by atoms with Gasteiger partial charge in [0.25, 0.3) is 0 Å². The number of ketones is 1. The van der Waals surface area contributed by atoms with Crippen LogP contribution in [0.25, 0.3) is 11.4 Å². The van der Waals surface area contributed by atoms with Crippen LogP contribution in [0.4, 0.5) is 0 Å². The predicted molar refractivity (Wildman–Crippen MR) is 111 cm³/mol. The molecule has 0 aliphatic rings. The molecule has 3 rings (SSSR count). The van der Waals surface area contributed by atoms with Crippen molar-refractivity contribution in [3.05, 3.63) is 77.3 Å². The van der Waals surface area contributed by atoms with Crippen molar-refractivity contribution < 1.29 is 4.79 Å². The van der Waals surface area contributed by atoms with Crippen molar-refractivity contribution in [3.63, 3.8) is 0 Å². The fraction of sp³-hybridized carbons (Fsp3) is 0.190. The molecule has 4 nitrogen and oxygen atoms in total. The zero-order valence-electron chi connectivity index (χ0n) is 15.2. The van der Waals surface area contributed by atoms with Gasteiger partial charge in [0.2, 0.25) is 0 Å². The van der Waals surface area contributed by atoms with Crippen LogP contribution in [0.5, 0.6) is 0 Å². The van der Waals surface area contributed by atoms with Crippen LogP contribution >= 0.6 is 23.4 Å². The van der Waals surface area contributed by atoms with Gasteiger partial charge in [0.05, 0.1) is 5.25 Å². The van der Waals surface area contributed by atoms with Crippen LogP contribution in [0.2, 0.25) is 5.02 Å². The Hall–Kier alpha value is -2.37. The summed E-state index contributed by atoms with van der Waals surface area (Å²) in [5.74, 6) is 0.797. The molecule has 3 aromatic rings. The number of carbonyl (C=O) groups is 1. The monoisotopic (exact) mass is 397 g/mol. The van der Waals surface area contributed by atoms with Gasteiger partial charge < -0.3 is 0 Å². The van der Waals surface area contributed by atoms with Crippen LogP contribution < -0.4 is 0 Å². The number of hydrogen-bond acceptors (Lipinski definition) is 4. The number of rotatable bonds is 7. The summed E-state index contributed by atoms with van der Waals surface area (Å²) in [6.45, 7) is 8.27. The quantitative estimate of drug-likeness (QED) is 0.302. The van der Waals surface area contributed by atoms with Crippen molar-refractivity contribution in [2.45, 2.75) is 30.8 Å². The third-order valence-electron chi connectivity index (χ3n) is 4.12. The van der Waals surface area contributed by atoms with E-state index >= 15 is 0 Å². The predicted octanol–water partition coefficient (Wildman–Crippen LogP) is 5.46. The molecule has 0 fully saturated rings. The van der Waals surface area contributed by atoms with Crippen molar-refractivity contribution >= 4 is 29.1 Å². The van der Waals surface area contributed by atoms with E-state index < -0.39 is 0 Å². The third-order valence-corrected chi connectivity index (χ3v) is 5.45. The van der Waals surface area contributed by atoms with Gasteiger partial charge >= 0.3 is 0 Å². The summed E-state index contributed by atoms with van der Waals surface area (Å²) >= 11 is 7.38. The van der Waals surface area contributed by atoms with Gasteiger partial charge in [0, 0.05) is 22.7 Å². The molecule has 0 saturated heterocycles. The fourth-order valence-electron chi connectivity index (χ4n) is 2.65. The SMILES string of the molecule is C=CCn1c(S[C@@H](C)C(=O)c2ccc(C)cc2)nnc1-c1ccc(Cl)cc1. The van der Waals surface area contributed by atoms with E-state index in [1.165, 1.54) is 11.8 Å². The van der Waals surface area contributed by atoms with E-state index in [4.69, 9.17) is 11.6 Å². The molecule has 0 spiro atoms. The van der Waals surface area contributed by atoms with E-state index in [9.17, 15) is 4.79 Å². The normalized spacial score (nSPS) is 12.0. The van der Waals surface area contributed by atoms with Crippen molar-refractivity contribution in [3.8, 4) is 11.4 Å². The first-order valence-electron chi connectivity index (χ1n) is 8.57. The molecule has 138 valence electrons. The van der Waals surface area contributed by atoms with Crippen LogP contribution in [0.1, 0.15) is 22.8 Å². The zero-order chi connectivity index (χ0) is 19.4. The van der Waals surface area contributed by atoms with E-state index in [0.717, 1.165) is 17.0 Å². The average Bonchev–Trinajstić information content (AvgIpc) is 3.05. The van der Waals surface area contributed by atoms with Crippen LogP contribution in [0, 0.1) is 6.92 Å². The lowest BCUT2D eigenvalue weighted by atomic mass is 10.1. The molecule has 1 heterocycles. The molecular formula is C21H20ClN3OS. The molecule has 0 aliphatic carbocycles. The molecule has 27 heavy (non-hydrogen) atoms. The Morgan fingerprint density at radius 3 is 2.48 bits per heavy atom. The number of halogens is 1. The van der Waals surface area contributed by atoms with Crippen molar-refractivity contribution in [1.82, 2.24) is 14.8 Å². The lowest BCUT2D eigenvalue weighted by Crippen LogP contribution is -2.14. The minimum atomic E-state index is -0.279. The highest BCUT2D eigenvalue weighted by Gasteiger charge is 2.21. The first kappa shape index (κ1) is 19.4. The van der Waals surface area contributed by atoms with Crippen molar-refractivity contribution in [2.75, 3.05) is 0 Å². The zero-order valence-corrected chi connectivity index (χ0v) is 16.8. The van der Waals surface area contributed by atoms with Crippen molar-refractivity contribution in [1.29, 1.82) is 0 Å². The van der Waals surface area contributed by atoms with E-state index in [-0.39, 0.29) is 11.0 Å². The third kappa shape index (κ3) is 4.49. The van der Waals surface area contributed by atoms with Gasteiger partial charge in [0.15, 0.2) is 16.8 Å². The molecule has 0 saturated carbocycles. The standard InChI is InChI=1S/C21H20ClN3OS/c1-4-13-25-20(17-9-11-18(22)12-10-17)23-24-21(25)27-15(3)19(26)16-7-5-14(2)6-8-16/h4-12,15H,1,13H2,2-3H3/t15-/m0/s1. The summed E-state index contributed by atoms with van der Waals surface area (Å²) in [6.07, 6.45) is 1.79. The van der Waals surface area contributed by atoms with Crippen molar-refractivity contribution in [2.24, 2.45) is 0 Å². The van der Waals surface area contributed by atoms with Gasteiger partial charge in [-0.1, -0.05) is 59.3 Å². The molecule has 0 radical (unpaired) electrons. The maximum absolute atomic E-state index is 12.7. The highest BCUT2D eigenvalue weighted by Crippen LogP contribution is 2.29. The fourth-order valence-corrected chi connectivity index (χ4v) is 3.71. The Bertz CT molecular complexity index is 949. The number of allylic oxidation sites excluding steroid dienone is 1. The van der Waals surface area contributed by atoms with Crippen LogP contribution in [-0.4, -0.2) is 25.8 Å². The topological polar surface area (TPSA) is 47.8 Å². The highest BCUT2D eigenvalue weighted by atomic mass is 35.5. The largest absolute Gasteiger partial charge is 0.298 e. The number of benzene rings is 2. The summed E-state index contributed by atoms with van der Waals surface area (Å²) in [5.41, 5.74) is 2.75.